The molecule has 0 aromatic heterocycles. The highest BCUT2D eigenvalue weighted by Gasteiger charge is 2.28. The maximum absolute atomic E-state index is 12.3. The molecular weight excluding hydrogens is 230 g/mol. The van der Waals surface area contributed by atoms with Gasteiger partial charge in [0.1, 0.15) is 0 Å². The maximum Gasteiger partial charge on any atom is 0.336 e. The zero-order valence-corrected chi connectivity index (χ0v) is 10.2. The van der Waals surface area contributed by atoms with Gasteiger partial charge in [-0.1, -0.05) is 24.6 Å². The highest BCUT2D eigenvalue weighted by Crippen LogP contribution is 2.14. The molecule has 1 aromatic carbocycles. The number of hydrogen-bond acceptors (Lipinski definition) is 3. The Balaban J connectivity index is 2.19. The van der Waals surface area contributed by atoms with Gasteiger partial charge in [-0.2, -0.15) is 5.01 Å². The van der Waals surface area contributed by atoms with Crippen molar-refractivity contribution in [1.29, 1.82) is 0 Å². The lowest BCUT2D eigenvalue weighted by atomic mass is 10.1. The van der Waals surface area contributed by atoms with Gasteiger partial charge in [-0.15, -0.1) is 0 Å². The number of primary amides is 1. The molecule has 1 aliphatic rings. The van der Waals surface area contributed by atoms with E-state index < -0.39 is 6.03 Å². The number of urea groups is 1. The van der Waals surface area contributed by atoms with Crippen molar-refractivity contribution in [2.75, 3.05) is 13.1 Å². The molecule has 0 saturated carbocycles. The molecule has 3 amide bonds. The number of hydrogen-bond donors (Lipinski definition) is 1. The fraction of sp³-hybridized carbons (Fsp3) is 0.385. The average Bonchev–Trinajstić information content (AvgIpc) is 2.40. The maximum atomic E-state index is 12.3. The molecule has 1 fully saturated rings. The first-order valence-electron chi connectivity index (χ1n) is 6.14. The van der Waals surface area contributed by atoms with Crippen LogP contribution in [0.2, 0.25) is 0 Å². The van der Waals surface area contributed by atoms with Gasteiger partial charge in [-0.25, -0.2) is 9.80 Å². The summed E-state index contributed by atoms with van der Waals surface area (Å²) in [4.78, 5) is 23.8. The third kappa shape index (κ3) is 2.68. The van der Waals surface area contributed by atoms with Crippen molar-refractivity contribution in [3.05, 3.63) is 35.9 Å². The molecular formula is C13H17N3O2. The highest BCUT2D eigenvalue weighted by atomic mass is 16.2. The van der Waals surface area contributed by atoms with Crippen LogP contribution >= 0.6 is 0 Å². The molecule has 18 heavy (non-hydrogen) atoms. The van der Waals surface area contributed by atoms with Crippen molar-refractivity contribution >= 4 is 11.9 Å². The number of carbonyl (C=O) groups excluding carboxylic acids is 2. The number of nitrogens with two attached hydrogens (primary N) is 1. The van der Waals surface area contributed by atoms with Crippen LogP contribution in [0.25, 0.3) is 0 Å². The van der Waals surface area contributed by atoms with Gasteiger partial charge in [0, 0.05) is 18.7 Å². The minimum atomic E-state index is -0.717. The normalized spacial score (nSPS) is 16.2. The van der Waals surface area contributed by atoms with E-state index in [-0.39, 0.29) is 5.91 Å². The van der Waals surface area contributed by atoms with E-state index in [4.69, 9.17) is 5.73 Å². The molecule has 96 valence electrons. The molecule has 2 N–H and O–H groups in total. The van der Waals surface area contributed by atoms with Crippen LogP contribution in [-0.4, -0.2) is 35.0 Å². The van der Waals surface area contributed by atoms with E-state index in [1.54, 1.807) is 29.3 Å². The largest absolute Gasteiger partial charge is 0.350 e. The quantitative estimate of drug-likeness (QED) is 0.863. The average molecular weight is 247 g/mol. The van der Waals surface area contributed by atoms with Crippen LogP contribution in [0.3, 0.4) is 0 Å². The number of piperidine rings is 1. The van der Waals surface area contributed by atoms with E-state index in [9.17, 15) is 9.59 Å². The molecule has 1 saturated heterocycles. The summed E-state index contributed by atoms with van der Waals surface area (Å²) in [7, 11) is 0. The molecule has 1 aromatic rings. The second kappa shape index (κ2) is 5.64. The van der Waals surface area contributed by atoms with Gasteiger partial charge in [-0.05, 0) is 25.0 Å². The first-order valence-corrected chi connectivity index (χ1v) is 6.14. The monoisotopic (exact) mass is 247 g/mol. The topological polar surface area (TPSA) is 66.6 Å². The number of imide groups is 1. The molecule has 0 aliphatic carbocycles. The van der Waals surface area contributed by atoms with Crippen molar-refractivity contribution in [2.24, 2.45) is 5.73 Å². The third-order valence-corrected chi connectivity index (χ3v) is 3.04. The second-order valence-corrected chi connectivity index (χ2v) is 4.34. The summed E-state index contributed by atoms with van der Waals surface area (Å²) in [5, 5.41) is 2.80. The predicted octanol–water partition coefficient (Wildman–Crippen LogP) is 1.61. The molecule has 2 rings (SSSR count). The van der Waals surface area contributed by atoms with Gasteiger partial charge in [0.05, 0.1) is 0 Å². The Hall–Kier alpha value is -1.88. The van der Waals surface area contributed by atoms with E-state index in [0.717, 1.165) is 24.3 Å². The number of carbonyl (C=O) groups is 2. The van der Waals surface area contributed by atoms with Crippen LogP contribution in [0.15, 0.2) is 30.3 Å². The van der Waals surface area contributed by atoms with Crippen molar-refractivity contribution in [2.45, 2.75) is 19.3 Å². The first kappa shape index (κ1) is 12.6. The van der Waals surface area contributed by atoms with E-state index in [2.05, 4.69) is 0 Å². The van der Waals surface area contributed by atoms with Crippen molar-refractivity contribution < 1.29 is 9.59 Å². The summed E-state index contributed by atoms with van der Waals surface area (Å²) in [6, 6.07) is 8.01. The lowest BCUT2D eigenvalue weighted by molar-refractivity contribution is 0.00676. The van der Waals surface area contributed by atoms with Crippen molar-refractivity contribution in [1.82, 2.24) is 10.0 Å². The highest BCUT2D eigenvalue weighted by molar-refractivity contribution is 6.03. The van der Waals surface area contributed by atoms with Crippen LogP contribution in [0.4, 0.5) is 4.79 Å². The Morgan fingerprint density at radius 1 is 1.06 bits per heavy atom. The van der Waals surface area contributed by atoms with Gasteiger partial charge >= 0.3 is 6.03 Å². The third-order valence-electron chi connectivity index (χ3n) is 3.04. The van der Waals surface area contributed by atoms with Crippen LogP contribution in [0.1, 0.15) is 29.6 Å². The number of benzene rings is 1. The molecule has 0 radical (unpaired) electrons. The van der Waals surface area contributed by atoms with Crippen LogP contribution in [-0.2, 0) is 0 Å². The Kier molecular flexibility index (Phi) is 3.94. The van der Waals surface area contributed by atoms with Gasteiger partial charge in [0.25, 0.3) is 5.91 Å². The van der Waals surface area contributed by atoms with Gasteiger partial charge in [0.2, 0.25) is 0 Å². The molecule has 0 spiro atoms. The number of amides is 3. The SMILES string of the molecule is NC(=O)N(C(=O)c1ccccc1)N1CCCCC1. The van der Waals surface area contributed by atoms with Crippen molar-refractivity contribution in [3.63, 3.8) is 0 Å². The standard InChI is InChI=1S/C13H17N3O2/c14-13(18)16(15-9-5-2-6-10-15)12(17)11-7-3-1-4-8-11/h1,3-4,7-8H,2,5-6,9-10H2,(H2,14,18). The number of rotatable bonds is 2. The van der Waals surface area contributed by atoms with E-state index in [1.165, 1.54) is 0 Å². The van der Waals surface area contributed by atoms with Crippen molar-refractivity contribution in [3.8, 4) is 0 Å². The summed E-state index contributed by atoms with van der Waals surface area (Å²) in [5.41, 5.74) is 5.80. The smallest absolute Gasteiger partial charge is 0.336 e. The van der Waals surface area contributed by atoms with Crippen LogP contribution in [0, 0.1) is 0 Å². The summed E-state index contributed by atoms with van der Waals surface area (Å²) < 4.78 is 0. The lowest BCUT2D eigenvalue weighted by Crippen LogP contribution is -2.54. The Bertz CT molecular complexity index is 427. The van der Waals surface area contributed by atoms with Crippen LogP contribution in [0.5, 0.6) is 0 Å². The Morgan fingerprint density at radius 2 is 1.67 bits per heavy atom. The molecule has 5 nitrogen and oxygen atoms in total. The zero-order valence-electron chi connectivity index (χ0n) is 10.2. The summed E-state index contributed by atoms with van der Waals surface area (Å²) in [6.07, 6.45) is 3.08. The lowest BCUT2D eigenvalue weighted by Gasteiger charge is -2.34. The second-order valence-electron chi connectivity index (χ2n) is 4.34. The van der Waals surface area contributed by atoms with Gasteiger partial charge in [-0.3, -0.25) is 4.79 Å². The fourth-order valence-corrected chi connectivity index (χ4v) is 2.15. The van der Waals surface area contributed by atoms with E-state index in [1.807, 2.05) is 6.07 Å². The van der Waals surface area contributed by atoms with E-state index in [0.29, 0.717) is 18.7 Å². The molecule has 1 aliphatic heterocycles. The molecule has 5 heteroatoms. The molecule has 0 atom stereocenters. The minimum absolute atomic E-state index is 0.356. The molecule has 0 bridgehead atoms. The fourth-order valence-electron chi connectivity index (χ4n) is 2.15. The Labute approximate surface area is 106 Å². The summed E-state index contributed by atoms with van der Waals surface area (Å²) >= 11 is 0. The van der Waals surface area contributed by atoms with E-state index >= 15 is 0 Å². The summed E-state index contributed by atoms with van der Waals surface area (Å²) in [6.45, 7) is 1.39. The first-order chi connectivity index (χ1) is 8.70. The Morgan fingerprint density at radius 3 is 2.22 bits per heavy atom. The molecule has 0 unspecified atom stereocenters. The number of nitrogens with zero attached hydrogens (tertiary/aromatic N) is 2. The number of hydrazine groups is 1. The zero-order chi connectivity index (χ0) is 13.0. The van der Waals surface area contributed by atoms with Crippen LogP contribution < -0.4 is 5.73 Å². The van der Waals surface area contributed by atoms with Gasteiger partial charge < -0.3 is 5.73 Å². The summed E-state index contributed by atoms with van der Waals surface area (Å²) in [5.74, 6) is -0.356. The van der Waals surface area contributed by atoms with Gasteiger partial charge in [0.15, 0.2) is 0 Å². The predicted molar refractivity (Wildman–Crippen MR) is 67.6 cm³/mol. The molecule has 1 heterocycles. The minimum Gasteiger partial charge on any atom is -0.350 e.